The average Bonchev–Trinajstić information content (AvgIpc) is 3.25. The lowest BCUT2D eigenvalue weighted by Crippen LogP contribution is -2.45. The highest BCUT2D eigenvalue weighted by molar-refractivity contribution is 6.07. The molecule has 33 heavy (non-hydrogen) atoms. The molecule has 0 saturated carbocycles. The molecule has 12 heteroatoms. The summed E-state index contributed by atoms with van der Waals surface area (Å²) in [5.41, 5.74) is 5.84. The van der Waals surface area contributed by atoms with E-state index in [-0.39, 0.29) is 29.8 Å². The molecule has 1 aliphatic rings. The fourth-order valence-electron chi connectivity index (χ4n) is 3.84. The van der Waals surface area contributed by atoms with Crippen LogP contribution in [0.1, 0.15) is 48.0 Å². The molecule has 1 unspecified atom stereocenters. The highest BCUT2D eigenvalue weighted by Gasteiger charge is 2.30. The third kappa shape index (κ3) is 4.51. The van der Waals surface area contributed by atoms with Gasteiger partial charge in [-0.05, 0) is 44.9 Å². The van der Waals surface area contributed by atoms with Gasteiger partial charge in [-0.1, -0.05) is 11.3 Å². The van der Waals surface area contributed by atoms with Crippen LogP contribution in [0.15, 0.2) is 29.2 Å². The summed E-state index contributed by atoms with van der Waals surface area (Å²) >= 11 is 0. The number of fused-ring (bicyclic) bond motifs is 1. The molecule has 1 aromatic carbocycles. The van der Waals surface area contributed by atoms with Crippen molar-refractivity contribution in [2.45, 2.75) is 45.2 Å². The van der Waals surface area contributed by atoms with Gasteiger partial charge in [0.1, 0.15) is 17.4 Å². The number of nitrogens with zero attached hydrogens (tertiary/aromatic N) is 5. The summed E-state index contributed by atoms with van der Waals surface area (Å²) in [6.07, 6.45) is 3.58. The Hall–Kier alpha value is -3.93. The predicted molar refractivity (Wildman–Crippen MR) is 118 cm³/mol. The Morgan fingerprint density at radius 3 is 2.85 bits per heavy atom. The van der Waals surface area contributed by atoms with Gasteiger partial charge in [0.15, 0.2) is 5.69 Å². The average molecular weight is 452 g/mol. The number of aryl methyl sites for hydroxylation is 2. The molecule has 3 amide bonds. The summed E-state index contributed by atoms with van der Waals surface area (Å²) < 4.78 is 2.87. The van der Waals surface area contributed by atoms with Crippen molar-refractivity contribution in [3.8, 4) is 0 Å². The first-order valence-corrected chi connectivity index (χ1v) is 10.7. The number of amides is 3. The summed E-state index contributed by atoms with van der Waals surface area (Å²) in [5.74, 6) is -1.08. The van der Waals surface area contributed by atoms with E-state index in [1.54, 1.807) is 36.0 Å². The van der Waals surface area contributed by atoms with E-state index in [2.05, 4.69) is 25.9 Å². The zero-order valence-corrected chi connectivity index (χ0v) is 18.1. The molecule has 0 aliphatic carbocycles. The highest BCUT2D eigenvalue weighted by atomic mass is 16.2. The lowest BCUT2D eigenvalue weighted by molar-refractivity contribution is -0.135. The monoisotopic (exact) mass is 452 g/mol. The van der Waals surface area contributed by atoms with Crippen LogP contribution in [0.2, 0.25) is 0 Å². The quantitative estimate of drug-likeness (QED) is 0.339. The van der Waals surface area contributed by atoms with E-state index in [9.17, 15) is 19.2 Å². The van der Waals surface area contributed by atoms with Crippen molar-refractivity contribution in [1.82, 2.24) is 29.9 Å². The minimum Gasteiger partial charge on any atom is -0.330 e. The van der Waals surface area contributed by atoms with Crippen molar-refractivity contribution in [3.05, 3.63) is 46.3 Å². The molecule has 12 nitrogen and oxygen atoms in total. The van der Waals surface area contributed by atoms with Crippen LogP contribution in [0.25, 0.3) is 10.9 Å². The van der Waals surface area contributed by atoms with Crippen LogP contribution in [-0.2, 0) is 16.1 Å². The molecule has 172 valence electrons. The second-order valence-electron chi connectivity index (χ2n) is 7.82. The van der Waals surface area contributed by atoms with Crippen molar-refractivity contribution in [2.24, 2.45) is 5.73 Å². The van der Waals surface area contributed by atoms with E-state index in [1.165, 1.54) is 4.57 Å². The summed E-state index contributed by atoms with van der Waals surface area (Å²) in [7, 11) is 0. The van der Waals surface area contributed by atoms with Crippen molar-refractivity contribution in [2.75, 3.05) is 11.9 Å². The smallest absolute Gasteiger partial charge is 0.277 e. The van der Waals surface area contributed by atoms with Gasteiger partial charge in [0.05, 0.1) is 17.3 Å². The van der Waals surface area contributed by atoms with E-state index in [1.807, 2.05) is 0 Å². The molecule has 4 N–H and O–H groups in total. The van der Waals surface area contributed by atoms with Crippen LogP contribution < -0.4 is 21.9 Å². The first kappa shape index (κ1) is 22.3. The van der Waals surface area contributed by atoms with Crippen LogP contribution >= 0.6 is 0 Å². The number of para-hydroxylation sites is 1. The molecule has 0 spiro atoms. The second kappa shape index (κ2) is 9.28. The van der Waals surface area contributed by atoms with E-state index < -0.39 is 23.4 Å². The molecule has 3 aromatic rings. The van der Waals surface area contributed by atoms with Crippen LogP contribution in [0.3, 0.4) is 0 Å². The van der Waals surface area contributed by atoms with Gasteiger partial charge >= 0.3 is 0 Å². The number of carbonyl (C=O) groups is 3. The Labute approximate surface area is 188 Å². The summed E-state index contributed by atoms with van der Waals surface area (Å²) in [6, 6.07) is 4.01. The van der Waals surface area contributed by atoms with Crippen LogP contribution in [0, 0.1) is 6.92 Å². The number of nitrogens with one attached hydrogen (secondary N) is 2. The summed E-state index contributed by atoms with van der Waals surface area (Å²) in [5, 5.41) is 13.1. The first-order valence-electron chi connectivity index (χ1n) is 10.7. The van der Waals surface area contributed by atoms with Crippen molar-refractivity contribution in [1.29, 1.82) is 0 Å². The van der Waals surface area contributed by atoms with E-state index in [0.717, 1.165) is 12.8 Å². The summed E-state index contributed by atoms with van der Waals surface area (Å²) in [6.45, 7) is 2.79. The predicted octanol–water partition coefficient (Wildman–Crippen LogP) is 0.265. The Bertz CT molecular complexity index is 1300. The molecular formula is C21H24N8O4. The third-order valence-electron chi connectivity index (χ3n) is 5.49. The largest absolute Gasteiger partial charge is 0.330 e. The second-order valence-corrected chi connectivity index (χ2v) is 7.82. The molecule has 1 fully saturated rings. The normalized spacial score (nSPS) is 16.1. The number of unbranched alkanes of at least 4 members (excludes halogenated alkanes) is 1. The fourth-order valence-corrected chi connectivity index (χ4v) is 3.84. The molecule has 4 rings (SSSR count). The van der Waals surface area contributed by atoms with Gasteiger partial charge in [0, 0.05) is 13.0 Å². The fraction of sp³-hybridized carbons (Fsp3) is 0.381. The van der Waals surface area contributed by atoms with Gasteiger partial charge in [0.2, 0.25) is 11.8 Å². The lowest BCUT2D eigenvalue weighted by atomic mass is 10.1. The van der Waals surface area contributed by atoms with Gasteiger partial charge in [-0.3, -0.25) is 33.7 Å². The number of anilines is 1. The van der Waals surface area contributed by atoms with Gasteiger partial charge in [-0.25, -0.2) is 4.98 Å². The Balaban J connectivity index is 1.62. The van der Waals surface area contributed by atoms with Crippen LogP contribution in [0.5, 0.6) is 0 Å². The number of benzene rings is 1. The molecular weight excluding hydrogens is 428 g/mol. The maximum atomic E-state index is 13.2. The SMILES string of the molecule is Cc1nc2c(NC(=O)c3cn(CCCCN)nn3)cccc2c(=O)n1C1CCC(=O)NC1=O. The number of imide groups is 1. The minimum atomic E-state index is -0.820. The van der Waals surface area contributed by atoms with Crippen LogP contribution in [-0.4, -0.2) is 48.8 Å². The minimum absolute atomic E-state index is 0.133. The topological polar surface area (TPSA) is 167 Å². The zero-order chi connectivity index (χ0) is 23.5. The number of hydrogen-bond acceptors (Lipinski definition) is 8. The van der Waals surface area contributed by atoms with Gasteiger partial charge in [0.25, 0.3) is 11.5 Å². The van der Waals surface area contributed by atoms with Crippen LogP contribution in [0.4, 0.5) is 5.69 Å². The molecule has 1 saturated heterocycles. The van der Waals surface area contributed by atoms with E-state index >= 15 is 0 Å². The van der Waals surface area contributed by atoms with Crippen molar-refractivity contribution < 1.29 is 14.4 Å². The van der Waals surface area contributed by atoms with Gasteiger partial charge in [-0.15, -0.1) is 5.10 Å². The molecule has 1 atom stereocenters. The molecule has 2 aromatic heterocycles. The molecule has 0 radical (unpaired) electrons. The van der Waals surface area contributed by atoms with Gasteiger partial charge < -0.3 is 11.1 Å². The third-order valence-corrected chi connectivity index (χ3v) is 5.49. The van der Waals surface area contributed by atoms with E-state index in [4.69, 9.17) is 5.73 Å². The Morgan fingerprint density at radius 1 is 1.27 bits per heavy atom. The maximum absolute atomic E-state index is 13.2. The Morgan fingerprint density at radius 2 is 2.09 bits per heavy atom. The van der Waals surface area contributed by atoms with Crippen molar-refractivity contribution >= 4 is 34.3 Å². The first-order chi connectivity index (χ1) is 15.9. The number of aromatic nitrogens is 5. The molecule has 0 bridgehead atoms. The highest BCUT2D eigenvalue weighted by Crippen LogP contribution is 2.23. The standard InChI is InChI=1S/C21H24N8O4/c1-12-23-18-13(21(33)29(12)16-7-8-17(30)25-20(16)32)5-4-6-14(18)24-19(31)15-11-28(27-26-15)10-3-2-9-22/h4-6,11,16H,2-3,7-10,22H2,1H3,(H,24,31)(H,25,30,32). The van der Waals surface area contributed by atoms with Gasteiger partial charge in [-0.2, -0.15) is 0 Å². The Kier molecular flexibility index (Phi) is 6.27. The summed E-state index contributed by atoms with van der Waals surface area (Å²) in [4.78, 5) is 54.2. The van der Waals surface area contributed by atoms with Crippen molar-refractivity contribution in [3.63, 3.8) is 0 Å². The molecule has 3 heterocycles. The maximum Gasteiger partial charge on any atom is 0.277 e. The molecule has 1 aliphatic heterocycles. The number of nitrogens with two attached hydrogens (primary N) is 1. The number of hydrogen-bond donors (Lipinski definition) is 3. The lowest BCUT2D eigenvalue weighted by Gasteiger charge is -2.24. The van der Waals surface area contributed by atoms with E-state index in [0.29, 0.717) is 30.1 Å². The zero-order valence-electron chi connectivity index (χ0n) is 18.1. The number of carbonyl (C=O) groups excluding carboxylic acids is 3. The number of rotatable bonds is 7. The number of piperidine rings is 1.